The Hall–Kier alpha value is -1.79. The molecule has 3 atom stereocenters. The molecule has 1 aromatic carbocycles. The summed E-state index contributed by atoms with van der Waals surface area (Å²) in [6.45, 7) is 4.84. The van der Waals surface area contributed by atoms with Gasteiger partial charge in [-0.3, -0.25) is 14.4 Å². The molecular formula is C20H25Cl2N3O3. The molecule has 3 rings (SSSR count). The highest BCUT2D eigenvalue weighted by atomic mass is 35.5. The number of hydrogen-bond acceptors (Lipinski definition) is 3. The van der Waals surface area contributed by atoms with Crippen LogP contribution >= 0.6 is 23.2 Å². The number of likely N-dealkylation sites (tertiary alicyclic amines) is 1. The number of anilines is 1. The van der Waals surface area contributed by atoms with E-state index in [2.05, 4.69) is 5.32 Å². The van der Waals surface area contributed by atoms with Gasteiger partial charge in [-0.05, 0) is 57.7 Å². The molecule has 1 aromatic rings. The van der Waals surface area contributed by atoms with Crippen molar-refractivity contribution in [1.29, 1.82) is 0 Å². The molecule has 0 radical (unpaired) electrons. The highest BCUT2D eigenvalue weighted by Crippen LogP contribution is 2.31. The Morgan fingerprint density at radius 2 is 1.89 bits per heavy atom. The highest BCUT2D eigenvalue weighted by Gasteiger charge is 2.39. The third-order valence-electron chi connectivity index (χ3n) is 5.55. The van der Waals surface area contributed by atoms with Crippen LogP contribution in [0.25, 0.3) is 0 Å². The minimum atomic E-state index is -0.802. The maximum atomic E-state index is 12.7. The monoisotopic (exact) mass is 425 g/mol. The molecule has 8 heteroatoms. The number of nitrogens with one attached hydrogen (secondary N) is 1. The predicted molar refractivity (Wildman–Crippen MR) is 110 cm³/mol. The average Bonchev–Trinajstić information content (AvgIpc) is 3.05. The molecular weight excluding hydrogens is 401 g/mol. The summed E-state index contributed by atoms with van der Waals surface area (Å²) in [5, 5.41) is 3.50. The van der Waals surface area contributed by atoms with Crippen molar-refractivity contribution < 1.29 is 14.4 Å². The van der Waals surface area contributed by atoms with Crippen LogP contribution in [-0.4, -0.2) is 47.8 Å². The van der Waals surface area contributed by atoms with Gasteiger partial charge >= 0.3 is 0 Å². The Kier molecular flexibility index (Phi) is 6.50. The van der Waals surface area contributed by atoms with E-state index in [1.165, 1.54) is 4.90 Å². The van der Waals surface area contributed by atoms with Crippen molar-refractivity contribution in [3.63, 3.8) is 0 Å². The Balaban J connectivity index is 1.62. The first-order valence-corrected chi connectivity index (χ1v) is 10.4. The first-order valence-electron chi connectivity index (χ1n) is 9.67. The van der Waals surface area contributed by atoms with Gasteiger partial charge < -0.3 is 15.1 Å². The summed E-state index contributed by atoms with van der Waals surface area (Å²) >= 11 is 12.0. The van der Waals surface area contributed by atoms with Gasteiger partial charge in [0, 0.05) is 24.8 Å². The van der Waals surface area contributed by atoms with E-state index >= 15 is 0 Å². The van der Waals surface area contributed by atoms with Crippen LogP contribution in [0.2, 0.25) is 10.0 Å². The molecule has 3 unspecified atom stereocenters. The zero-order chi connectivity index (χ0) is 20.4. The molecule has 0 aromatic heterocycles. The van der Waals surface area contributed by atoms with E-state index in [-0.39, 0.29) is 17.9 Å². The van der Waals surface area contributed by atoms with Gasteiger partial charge in [-0.15, -0.1) is 0 Å². The van der Waals surface area contributed by atoms with Crippen LogP contribution in [0.4, 0.5) is 5.69 Å². The second kappa shape index (κ2) is 8.70. The highest BCUT2D eigenvalue weighted by molar-refractivity contribution is 6.42. The van der Waals surface area contributed by atoms with E-state index in [0.29, 0.717) is 35.2 Å². The number of carbonyl (C=O) groups is 3. The number of benzene rings is 1. The van der Waals surface area contributed by atoms with E-state index in [0.717, 1.165) is 19.3 Å². The van der Waals surface area contributed by atoms with Crippen molar-refractivity contribution in [3.05, 3.63) is 28.2 Å². The largest absolute Gasteiger partial charge is 0.344 e. The second-order valence-electron chi connectivity index (χ2n) is 7.54. The molecule has 0 saturated carbocycles. The maximum Gasteiger partial charge on any atom is 0.245 e. The normalized spacial score (nSPS) is 23.6. The smallest absolute Gasteiger partial charge is 0.245 e. The fourth-order valence-electron chi connectivity index (χ4n) is 3.88. The Labute approximate surface area is 175 Å². The number of hydrogen-bond donors (Lipinski definition) is 1. The third-order valence-corrected chi connectivity index (χ3v) is 6.29. The topological polar surface area (TPSA) is 69.7 Å². The van der Waals surface area contributed by atoms with E-state index in [1.54, 1.807) is 25.1 Å². The second-order valence-corrected chi connectivity index (χ2v) is 8.35. The van der Waals surface area contributed by atoms with Crippen LogP contribution in [0.1, 0.15) is 39.5 Å². The number of rotatable bonds is 4. The summed E-state index contributed by atoms with van der Waals surface area (Å²) < 4.78 is 0. The minimum absolute atomic E-state index is 0.0904. The lowest BCUT2D eigenvalue weighted by molar-refractivity contribution is -0.141. The minimum Gasteiger partial charge on any atom is -0.344 e. The fourth-order valence-corrected chi connectivity index (χ4v) is 4.17. The van der Waals surface area contributed by atoms with Gasteiger partial charge in [-0.1, -0.05) is 23.2 Å². The Bertz CT molecular complexity index is 786. The lowest BCUT2D eigenvalue weighted by atomic mass is 10.0. The summed E-state index contributed by atoms with van der Waals surface area (Å²) in [5.41, 5.74) is 0.612. The van der Waals surface area contributed by atoms with Crippen LogP contribution < -0.4 is 10.2 Å². The molecule has 28 heavy (non-hydrogen) atoms. The zero-order valence-corrected chi connectivity index (χ0v) is 17.6. The van der Waals surface area contributed by atoms with Crippen molar-refractivity contribution in [3.8, 4) is 0 Å². The van der Waals surface area contributed by atoms with Gasteiger partial charge in [0.05, 0.1) is 10.0 Å². The average molecular weight is 426 g/mol. The molecule has 2 aliphatic heterocycles. The van der Waals surface area contributed by atoms with Crippen LogP contribution in [0, 0.1) is 5.92 Å². The van der Waals surface area contributed by atoms with Gasteiger partial charge in [0.15, 0.2) is 0 Å². The van der Waals surface area contributed by atoms with Gasteiger partial charge in [-0.2, -0.15) is 0 Å². The number of carbonyl (C=O) groups excluding carboxylic acids is 3. The van der Waals surface area contributed by atoms with Gasteiger partial charge in [0.2, 0.25) is 17.7 Å². The van der Waals surface area contributed by atoms with Gasteiger partial charge in [0.25, 0.3) is 0 Å². The molecule has 0 bridgehead atoms. The Morgan fingerprint density at radius 3 is 2.57 bits per heavy atom. The SMILES string of the molecule is CC(NC(=O)C1CCN(c2ccc(Cl)c(Cl)c2)C1=O)C(=O)N1CCCCC1C. The molecule has 1 N–H and O–H groups in total. The molecule has 2 aliphatic rings. The summed E-state index contributed by atoms with van der Waals surface area (Å²) in [5.74, 6) is -1.59. The molecule has 3 amide bonds. The summed E-state index contributed by atoms with van der Waals surface area (Å²) in [7, 11) is 0. The van der Waals surface area contributed by atoms with Crippen molar-refractivity contribution >= 4 is 46.6 Å². The number of nitrogens with zero attached hydrogens (tertiary/aromatic N) is 2. The van der Waals surface area contributed by atoms with E-state index in [9.17, 15) is 14.4 Å². The summed E-state index contributed by atoms with van der Waals surface area (Å²) in [4.78, 5) is 41.4. The fraction of sp³-hybridized carbons (Fsp3) is 0.550. The van der Waals surface area contributed by atoms with Gasteiger partial charge in [-0.25, -0.2) is 0 Å². The zero-order valence-electron chi connectivity index (χ0n) is 16.1. The number of amides is 3. The van der Waals surface area contributed by atoms with Crippen molar-refractivity contribution in [2.75, 3.05) is 18.0 Å². The summed E-state index contributed by atoms with van der Waals surface area (Å²) in [6, 6.07) is 4.47. The van der Waals surface area contributed by atoms with Crippen molar-refractivity contribution in [2.24, 2.45) is 5.92 Å². The first-order chi connectivity index (χ1) is 13.3. The standard InChI is InChI=1S/C20H25Cl2N3O3/c1-12-5-3-4-9-24(12)19(27)13(2)23-18(26)15-8-10-25(20(15)28)14-6-7-16(21)17(22)11-14/h6-7,11-13,15H,3-5,8-10H2,1-2H3,(H,23,26). The molecule has 2 fully saturated rings. The van der Waals surface area contributed by atoms with E-state index in [4.69, 9.17) is 23.2 Å². The first kappa shape index (κ1) is 20.9. The Morgan fingerprint density at radius 1 is 1.14 bits per heavy atom. The van der Waals surface area contributed by atoms with Crippen molar-refractivity contribution in [1.82, 2.24) is 10.2 Å². The van der Waals surface area contributed by atoms with Crippen molar-refractivity contribution in [2.45, 2.75) is 51.6 Å². The van der Waals surface area contributed by atoms with Crippen LogP contribution in [0.5, 0.6) is 0 Å². The maximum absolute atomic E-state index is 12.7. The molecule has 0 aliphatic carbocycles. The molecule has 152 valence electrons. The lowest BCUT2D eigenvalue weighted by Crippen LogP contribution is -2.52. The quantitative estimate of drug-likeness (QED) is 0.752. The molecule has 6 nitrogen and oxygen atoms in total. The van der Waals surface area contributed by atoms with Gasteiger partial charge in [0.1, 0.15) is 12.0 Å². The summed E-state index contributed by atoms with van der Waals surface area (Å²) in [6.07, 6.45) is 3.47. The van der Waals surface area contributed by atoms with E-state index in [1.807, 2.05) is 11.8 Å². The molecule has 2 saturated heterocycles. The number of piperidine rings is 1. The third kappa shape index (κ3) is 4.28. The number of halogens is 2. The van der Waals surface area contributed by atoms with E-state index < -0.39 is 17.9 Å². The van der Waals surface area contributed by atoms with Crippen LogP contribution in [0.3, 0.4) is 0 Å². The lowest BCUT2D eigenvalue weighted by Gasteiger charge is -2.35. The van der Waals surface area contributed by atoms with Crippen LogP contribution in [0.15, 0.2) is 18.2 Å². The predicted octanol–water partition coefficient (Wildman–Crippen LogP) is 3.25. The molecule has 2 heterocycles. The van der Waals surface area contributed by atoms with Crippen LogP contribution in [-0.2, 0) is 14.4 Å². The molecule has 0 spiro atoms.